The van der Waals surface area contributed by atoms with Gasteiger partial charge in [-0.1, -0.05) is 13.8 Å². The Balaban J connectivity index is 2.86. The second kappa shape index (κ2) is 7.01. The highest BCUT2D eigenvalue weighted by Crippen LogP contribution is 2.16. The van der Waals surface area contributed by atoms with Crippen LogP contribution in [0.5, 0.6) is 0 Å². The topological polar surface area (TPSA) is 71.5 Å². The quantitative estimate of drug-likeness (QED) is 0.824. The normalized spacial score (nSPS) is 13.8. The second-order valence-electron chi connectivity index (χ2n) is 5.12. The number of nitrogens with one attached hydrogen (secondary N) is 1. The van der Waals surface area contributed by atoms with Crippen molar-refractivity contribution in [2.75, 3.05) is 33.1 Å². The Labute approximate surface area is 121 Å². The van der Waals surface area contributed by atoms with E-state index in [1.54, 1.807) is 19.2 Å². The van der Waals surface area contributed by atoms with Crippen LogP contribution in [-0.2, 0) is 14.8 Å². The van der Waals surface area contributed by atoms with Gasteiger partial charge < -0.3 is 10.1 Å². The smallest absolute Gasteiger partial charge is 0.244 e. The molecule has 0 saturated carbocycles. The van der Waals surface area contributed by atoms with Gasteiger partial charge in [0, 0.05) is 27.4 Å². The van der Waals surface area contributed by atoms with Gasteiger partial charge >= 0.3 is 0 Å². The first-order valence-electron chi connectivity index (χ1n) is 6.43. The molecule has 0 aliphatic rings. The van der Waals surface area contributed by atoms with Crippen molar-refractivity contribution >= 4 is 15.8 Å². The Morgan fingerprint density at radius 1 is 1.35 bits per heavy atom. The van der Waals surface area contributed by atoms with E-state index in [4.69, 9.17) is 4.74 Å². The molecule has 0 fully saturated rings. The average Bonchev–Trinajstić information content (AvgIpc) is 2.38. The molecule has 0 aliphatic carbocycles. The van der Waals surface area contributed by atoms with Crippen LogP contribution in [-0.4, -0.2) is 51.6 Å². The van der Waals surface area contributed by atoms with Gasteiger partial charge in [-0.05, 0) is 18.1 Å². The standard InChI is InChI=1S/C13H23N3O3S/c1-10(2)12(9-19-5)15-13-7-6-11(8-14-13)20(17,18)16(3)4/h6-8,10,12H,9H2,1-5H3,(H,14,15). The monoisotopic (exact) mass is 301 g/mol. The first kappa shape index (κ1) is 16.9. The van der Waals surface area contributed by atoms with E-state index < -0.39 is 10.0 Å². The number of pyridine rings is 1. The molecule has 7 heteroatoms. The summed E-state index contributed by atoms with van der Waals surface area (Å²) in [5.41, 5.74) is 0. The van der Waals surface area contributed by atoms with Crippen molar-refractivity contribution in [3.05, 3.63) is 18.3 Å². The molecule has 0 amide bonds. The van der Waals surface area contributed by atoms with Crippen molar-refractivity contribution in [1.29, 1.82) is 0 Å². The summed E-state index contributed by atoms with van der Waals surface area (Å²) in [5, 5.41) is 3.24. The zero-order chi connectivity index (χ0) is 15.3. The van der Waals surface area contributed by atoms with Gasteiger partial charge in [0.25, 0.3) is 0 Å². The van der Waals surface area contributed by atoms with Crippen molar-refractivity contribution < 1.29 is 13.2 Å². The summed E-state index contributed by atoms with van der Waals surface area (Å²) in [6.45, 7) is 4.74. The van der Waals surface area contributed by atoms with Gasteiger partial charge in [0.15, 0.2) is 0 Å². The van der Waals surface area contributed by atoms with Gasteiger partial charge in [0.1, 0.15) is 10.7 Å². The number of hydrogen-bond donors (Lipinski definition) is 1. The first-order valence-corrected chi connectivity index (χ1v) is 7.87. The molecule has 1 aromatic rings. The van der Waals surface area contributed by atoms with Crippen LogP contribution in [0.2, 0.25) is 0 Å². The van der Waals surface area contributed by atoms with Gasteiger partial charge in [0.2, 0.25) is 10.0 Å². The van der Waals surface area contributed by atoms with Crippen molar-refractivity contribution in [3.8, 4) is 0 Å². The molecule has 0 aliphatic heterocycles. The molecule has 0 bridgehead atoms. The summed E-state index contributed by atoms with van der Waals surface area (Å²) in [6.07, 6.45) is 1.36. The Bertz CT molecular complexity index is 512. The van der Waals surface area contributed by atoms with E-state index in [1.807, 2.05) is 0 Å². The average molecular weight is 301 g/mol. The number of anilines is 1. The largest absolute Gasteiger partial charge is 0.383 e. The molecular weight excluding hydrogens is 278 g/mol. The fourth-order valence-electron chi connectivity index (χ4n) is 1.60. The molecule has 6 nitrogen and oxygen atoms in total. The lowest BCUT2D eigenvalue weighted by Crippen LogP contribution is -2.30. The van der Waals surface area contributed by atoms with Crippen LogP contribution in [0.15, 0.2) is 23.2 Å². The van der Waals surface area contributed by atoms with Crippen LogP contribution >= 0.6 is 0 Å². The number of hydrogen-bond acceptors (Lipinski definition) is 5. The molecular formula is C13H23N3O3S. The van der Waals surface area contributed by atoms with E-state index in [0.717, 1.165) is 0 Å². The van der Waals surface area contributed by atoms with Crippen LogP contribution in [0.3, 0.4) is 0 Å². The number of methoxy groups -OCH3 is 1. The highest BCUT2D eigenvalue weighted by Gasteiger charge is 2.18. The molecule has 0 aromatic carbocycles. The Hall–Kier alpha value is -1.18. The third-order valence-electron chi connectivity index (χ3n) is 3.00. The molecule has 1 atom stereocenters. The molecule has 0 radical (unpaired) electrons. The third-order valence-corrected chi connectivity index (χ3v) is 4.80. The Morgan fingerprint density at radius 2 is 2.00 bits per heavy atom. The summed E-state index contributed by atoms with van der Waals surface area (Å²) in [4.78, 5) is 4.34. The number of aromatic nitrogens is 1. The van der Waals surface area contributed by atoms with Crippen molar-refractivity contribution in [1.82, 2.24) is 9.29 Å². The molecule has 114 valence electrons. The highest BCUT2D eigenvalue weighted by molar-refractivity contribution is 7.89. The zero-order valence-electron chi connectivity index (χ0n) is 12.6. The van der Waals surface area contributed by atoms with Crippen molar-refractivity contribution in [2.24, 2.45) is 5.92 Å². The van der Waals surface area contributed by atoms with Gasteiger partial charge in [-0.3, -0.25) is 0 Å². The second-order valence-corrected chi connectivity index (χ2v) is 7.27. The lowest BCUT2D eigenvalue weighted by molar-refractivity contribution is 0.171. The van der Waals surface area contributed by atoms with E-state index in [-0.39, 0.29) is 10.9 Å². The summed E-state index contributed by atoms with van der Waals surface area (Å²) in [7, 11) is 1.21. The van der Waals surface area contributed by atoms with Crippen LogP contribution in [0.4, 0.5) is 5.82 Å². The molecule has 0 saturated heterocycles. The molecule has 0 spiro atoms. The lowest BCUT2D eigenvalue weighted by Gasteiger charge is -2.22. The Morgan fingerprint density at radius 3 is 2.40 bits per heavy atom. The number of rotatable bonds is 7. The first-order chi connectivity index (χ1) is 9.28. The predicted molar refractivity (Wildman–Crippen MR) is 79.2 cm³/mol. The Kier molecular flexibility index (Phi) is 5.91. The summed E-state index contributed by atoms with van der Waals surface area (Å²) in [6, 6.07) is 3.35. The highest BCUT2D eigenvalue weighted by atomic mass is 32.2. The zero-order valence-corrected chi connectivity index (χ0v) is 13.4. The third kappa shape index (κ3) is 4.16. The SMILES string of the molecule is COCC(Nc1ccc(S(=O)(=O)N(C)C)cn1)C(C)C. The minimum Gasteiger partial charge on any atom is -0.383 e. The molecule has 1 N–H and O–H groups in total. The molecule has 20 heavy (non-hydrogen) atoms. The van der Waals surface area contributed by atoms with Crippen molar-refractivity contribution in [2.45, 2.75) is 24.8 Å². The van der Waals surface area contributed by atoms with Crippen molar-refractivity contribution in [3.63, 3.8) is 0 Å². The predicted octanol–water partition coefficient (Wildman–Crippen LogP) is 1.41. The van der Waals surface area contributed by atoms with Gasteiger partial charge in [-0.2, -0.15) is 0 Å². The van der Waals surface area contributed by atoms with Crippen LogP contribution < -0.4 is 5.32 Å². The van der Waals surface area contributed by atoms with Gasteiger partial charge in [0.05, 0.1) is 12.6 Å². The van der Waals surface area contributed by atoms with E-state index in [2.05, 4.69) is 24.1 Å². The summed E-state index contributed by atoms with van der Waals surface area (Å²) >= 11 is 0. The fourth-order valence-corrected chi connectivity index (χ4v) is 2.45. The summed E-state index contributed by atoms with van der Waals surface area (Å²) in [5.74, 6) is 1.01. The van der Waals surface area contributed by atoms with E-state index in [9.17, 15) is 8.42 Å². The van der Waals surface area contributed by atoms with Crippen LogP contribution in [0.1, 0.15) is 13.8 Å². The number of sulfonamides is 1. The summed E-state index contributed by atoms with van der Waals surface area (Å²) < 4.78 is 30.2. The maximum absolute atomic E-state index is 11.9. The maximum atomic E-state index is 11.9. The van der Waals surface area contributed by atoms with E-state index in [0.29, 0.717) is 18.3 Å². The minimum absolute atomic E-state index is 0.129. The van der Waals surface area contributed by atoms with E-state index in [1.165, 1.54) is 24.6 Å². The van der Waals surface area contributed by atoms with E-state index >= 15 is 0 Å². The molecule has 1 unspecified atom stereocenters. The van der Waals surface area contributed by atoms with Gasteiger partial charge in [-0.25, -0.2) is 17.7 Å². The number of ether oxygens (including phenoxy) is 1. The lowest BCUT2D eigenvalue weighted by atomic mass is 10.1. The van der Waals surface area contributed by atoms with Crippen LogP contribution in [0.25, 0.3) is 0 Å². The maximum Gasteiger partial charge on any atom is 0.244 e. The molecule has 1 rings (SSSR count). The fraction of sp³-hybridized carbons (Fsp3) is 0.615. The molecule has 1 heterocycles. The van der Waals surface area contributed by atoms with Gasteiger partial charge in [-0.15, -0.1) is 0 Å². The molecule has 1 aromatic heterocycles. The number of nitrogens with zero attached hydrogens (tertiary/aromatic N) is 2. The minimum atomic E-state index is -3.43. The van der Waals surface area contributed by atoms with Crippen LogP contribution in [0, 0.1) is 5.92 Å².